The van der Waals surface area contributed by atoms with E-state index in [2.05, 4.69) is 237 Å². The third kappa shape index (κ3) is 8.35. The Bertz CT molecular complexity index is 3530. The van der Waals surface area contributed by atoms with Crippen LogP contribution in [0.1, 0.15) is 36.0 Å². The van der Waals surface area contributed by atoms with Crippen molar-refractivity contribution in [3.8, 4) is 62.0 Å². The molecule has 1 atom stereocenters. The minimum absolute atomic E-state index is 0.206. The van der Waals surface area contributed by atoms with Crippen LogP contribution in [0.4, 0.5) is 5.69 Å². The maximum Gasteiger partial charge on any atom is 0.160 e. The topological polar surface area (TPSA) is 56.0 Å². The van der Waals surface area contributed by atoms with Crippen LogP contribution in [-0.4, -0.2) is 25.2 Å². The number of para-hydroxylation sites is 3. The molecule has 0 spiro atoms. The molecule has 11 aromatic rings. The molecule has 5 nitrogen and oxygen atoms in total. The van der Waals surface area contributed by atoms with Crippen molar-refractivity contribution in [1.82, 2.24) is 19.5 Å². The van der Waals surface area contributed by atoms with Gasteiger partial charge in [0.15, 0.2) is 5.82 Å². The smallest absolute Gasteiger partial charge is 0.160 e. The van der Waals surface area contributed by atoms with Gasteiger partial charge in [0.2, 0.25) is 0 Å². The third-order valence-electron chi connectivity index (χ3n) is 12.7. The minimum atomic E-state index is 0.206. The molecule has 0 fully saturated rings. The number of aromatic nitrogens is 4. The normalized spacial score (nSPS) is 12.1. The quantitative estimate of drug-likeness (QED) is 0.122. The van der Waals surface area contributed by atoms with Crippen LogP contribution in [0.2, 0.25) is 0 Å². The van der Waals surface area contributed by atoms with Crippen LogP contribution in [0.15, 0.2) is 236 Å². The summed E-state index contributed by atoms with van der Waals surface area (Å²) in [5.41, 5.74) is 17.8. The van der Waals surface area contributed by atoms with E-state index >= 15 is 0 Å². The predicted octanol–water partition coefficient (Wildman–Crippen LogP) is 15.9. The van der Waals surface area contributed by atoms with Gasteiger partial charge in [0, 0.05) is 39.0 Å². The predicted molar refractivity (Wildman–Crippen MR) is 278 cm³/mol. The number of rotatable bonds is 11. The molecule has 67 heavy (non-hydrogen) atoms. The maximum absolute atomic E-state index is 5.49. The minimum Gasteiger partial charge on any atom is -0.292 e. The second-order valence-electron chi connectivity index (χ2n) is 17.2. The summed E-state index contributed by atoms with van der Waals surface area (Å²) < 4.78 is 2.24. The molecule has 0 amide bonds. The van der Waals surface area contributed by atoms with Crippen LogP contribution < -0.4 is 0 Å². The number of hydrogen-bond donors (Lipinski definition) is 0. The molecule has 9 aromatic carbocycles. The molecule has 0 aliphatic rings. The number of hydrogen-bond acceptors (Lipinski definition) is 4. The molecule has 0 radical (unpaired) electrons. The summed E-state index contributed by atoms with van der Waals surface area (Å²) >= 11 is 0. The highest BCUT2D eigenvalue weighted by Crippen LogP contribution is 2.40. The fraction of sp³-hybridized carbons (Fsp3) is 0.0645. The average Bonchev–Trinajstić information content (AvgIpc) is 3.79. The number of nitrogens with zero attached hydrogens (tertiary/aromatic N) is 5. The van der Waals surface area contributed by atoms with Gasteiger partial charge in [-0.3, -0.25) is 9.56 Å². The lowest BCUT2D eigenvalue weighted by molar-refractivity contribution is 0.805. The van der Waals surface area contributed by atoms with E-state index in [1.807, 2.05) is 12.1 Å². The monoisotopic (exact) mass is 861 g/mol. The number of aryl methyl sites for hydroxylation is 1. The van der Waals surface area contributed by atoms with Gasteiger partial charge in [-0.1, -0.05) is 183 Å². The van der Waals surface area contributed by atoms with E-state index in [9.17, 15) is 0 Å². The van der Waals surface area contributed by atoms with Crippen molar-refractivity contribution < 1.29 is 0 Å². The highest BCUT2D eigenvalue weighted by Gasteiger charge is 2.20. The van der Waals surface area contributed by atoms with Crippen molar-refractivity contribution in [3.63, 3.8) is 0 Å². The number of imidazole rings is 1. The van der Waals surface area contributed by atoms with E-state index < -0.39 is 0 Å². The maximum atomic E-state index is 5.49. The van der Waals surface area contributed by atoms with Gasteiger partial charge >= 0.3 is 0 Å². The van der Waals surface area contributed by atoms with Crippen molar-refractivity contribution in [2.24, 2.45) is 4.99 Å². The Balaban J connectivity index is 1.03. The van der Waals surface area contributed by atoms with E-state index in [0.29, 0.717) is 5.82 Å². The molecule has 5 heteroatoms. The Morgan fingerprint density at radius 3 is 1.81 bits per heavy atom. The van der Waals surface area contributed by atoms with Crippen LogP contribution in [0, 0.1) is 6.92 Å². The lowest BCUT2D eigenvalue weighted by Gasteiger charge is -2.17. The molecule has 0 aliphatic carbocycles. The first-order valence-corrected chi connectivity index (χ1v) is 22.9. The Labute approximate surface area is 391 Å². The van der Waals surface area contributed by atoms with Gasteiger partial charge in [-0.15, -0.1) is 0 Å². The van der Waals surface area contributed by atoms with Crippen molar-refractivity contribution in [1.29, 1.82) is 0 Å². The molecule has 2 aromatic heterocycles. The van der Waals surface area contributed by atoms with Crippen molar-refractivity contribution in [2.75, 3.05) is 0 Å². The molecule has 0 N–H and O–H groups in total. The summed E-state index contributed by atoms with van der Waals surface area (Å²) in [6.45, 7) is 4.41. The van der Waals surface area contributed by atoms with E-state index in [1.165, 1.54) is 5.56 Å². The highest BCUT2D eigenvalue weighted by atomic mass is 15.1. The number of benzene rings is 9. The summed E-state index contributed by atoms with van der Waals surface area (Å²) in [4.78, 5) is 21.3. The van der Waals surface area contributed by atoms with Gasteiger partial charge in [-0.05, 0) is 107 Å². The van der Waals surface area contributed by atoms with Crippen LogP contribution >= 0.6 is 0 Å². The molecule has 11 rings (SSSR count). The van der Waals surface area contributed by atoms with Crippen molar-refractivity contribution in [2.45, 2.75) is 26.2 Å². The summed E-state index contributed by atoms with van der Waals surface area (Å²) in [5.74, 6) is 1.76. The molecule has 0 aliphatic heterocycles. The zero-order chi connectivity index (χ0) is 45.1. The van der Waals surface area contributed by atoms with Crippen LogP contribution in [0.25, 0.3) is 83.9 Å². The van der Waals surface area contributed by atoms with E-state index in [1.54, 1.807) is 0 Å². The molecular formula is C62H47N5. The first kappa shape index (κ1) is 41.2. The molecule has 0 saturated carbocycles. The van der Waals surface area contributed by atoms with E-state index in [-0.39, 0.29) is 5.92 Å². The third-order valence-corrected chi connectivity index (χ3v) is 12.7. The summed E-state index contributed by atoms with van der Waals surface area (Å²) in [7, 11) is 0. The molecule has 2 heterocycles. The summed E-state index contributed by atoms with van der Waals surface area (Å²) in [6.07, 6.45) is 0.789. The lowest BCUT2D eigenvalue weighted by Crippen LogP contribution is -2.07. The summed E-state index contributed by atoms with van der Waals surface area (Å²) in [5, 5.41) is 0.996. The van der Waals surface area contributed by atoms with Gasteiger partial charge in [0.1, 0.15) is 5.82 Å². The SMILES string of the molecule is Cc1ccccc1/N=C(\CC(C)c1ccc(-c2nc(-c3ccc(-n4c(-c5ccccc5)nc5ccccc54)cc3)nc3c(-c4ccccc4)cc(-c4ccccc4)cc23)cc1)c1ccccc1. The molecule has 1 unspecified atom stereocenters. The van der Waals surface area contributed by atoms with Crippen molar-refractivity contribution >= 4 is 33.3 Å². The summed E-state index contributed by atoms with van der Waals surface area (Å²) in [6, 6.07) is 80.9. The van der Waals surface area contributed by atoms with Gasteiger partial charge < -0.3 is 0 Å². The van der Waals surface area contributed by atoms with Gasteiger partial charge in [-0.25, -0.2) is 15.0 Å². The Morgan fingerprint density at radius 2 is 1.10 bits per heavy atom. The largest absolute Gasteiger partial charge is 0.292 e. The first-order chi connectivity index (χ1) is 33.0. The van der Waals surface area contributed by atoms with E-state index in [0.717, 1.165) is 107 Å². The lowest BCUT2D eigenvalue weighted by atomic mass is 9.90. The molecule has 320 valence electrons. The molecule has 0 saturated heterocycles. The second kappa shape index (κ2) is 18.1. The fourth-order valence-electron chi connectivity index (χ4n) is 9.11. The van der Waals surface area contributed by atoms with E-state index in [4.69, 9.17) is 19.9 Å². The number of aliphatic imine (C=N–C) groups is 1. The zero-order valence-corrected chi connectivity index (χ0v) is 37.5. The van der Waals surface area contributed by atoms with Gasteiger partial charge in [-0.2, -0.15) is 0 Å². The zero-order valence-electron chi connectivity index (χ0n) is 37.5. The first-order valence-electron chi connectivity index (χ1n) is 22.9. The second-order valence-corrected chi connectivity index (χ2v) is 17.2. The van der Waals surface area contributed by atoms with Crippen LogP contribution in [0.3, 0.4) is 0 Å². The standard InChI is InChI=1S/C62H47N5/c1-42-19-15-16-28-55(42)63-57(47-24-11-5-12-25-47)39-43(2)44-31-33-48(34-32-44)59-54-41-51(45-20-7-3-8-21-45)40-53(46-22-9-4-10-23-46)60(54)66-61(65-59)49-35-37-52(38-36-49)67-58-30-18-17-29-56(58)64-62(67)50-26-13-6-14-27-50/h3-38,40-41,43H,39H2,1-2H3/b63-57+. The van der Waals surface area contributed by atoms with Gasteiger partial charge in [0.25, 0.3) is 0 Å². The Kier molecular flexibility index (Phi) is 11.2. The molecule has 0 bridgehead atoms. The number of fused-ring (bicyclic) bond motifs is 2. The Hall–Kier alpha value is -8.54. The van der Waals surface area contributed by atoms with Crippen LogP contribution in [-0.2, 0) is 0 Å². The van der Waals surface area contributed by atoms with Crippen LogP contribution in [0.5, 0.6) is 0 Å². The molecular weight excluding hydrogens is 815 g/mol. The van der Waals surface area contributed by atoms with Crippen molar-refractivity contribution in [3.05, 3.63) is 247 Å². The van der Waals surface area contributed by atoms with Gasteiger partial charge in [0.05, 0.1) is 27.9 Å². The average molecular weight is 862 g/mol. The highest BCUT2D eigenvalue weighted by molar-refractivity contribution is 6.05. The Morgan fingerprint density at radius 1 is 0.507 bits per heavy atom. The fourth-order valence-corrected chi connectivity index (χ4v) is 9.11.